The summed E-state index contributed by atoms with van der Waals surface area (Å²) in [5.41, 5.74) is 5.77. The van der Waals surface area contributed by atoms with Gasteiger partial charge in [0.2, 0.25) is 0 Å². The number of rotatable bonds is 6. The molecule has 1 atom stereocenters. The Morgan fingerprint density at radius 1 is 1.25 bits per heavy atom. The Bertz CT molecular complexity index is 200. The third-order valence-corrected chi connectivity index (χ3v) is 7.94. The van der Waals surface area contributed by atoms with Crippen LogP contribution >= 0.6 is 0 Å². The fourth-order valence-electron chi connectivity index (χ4n) is 1.25. The van der Waals surface area contributed by atoms with Gasteiger partial charge in [0.25, 0.3) is 0 Å². The Hall–Kier alpha value is 0.0969. The maximum Gasteiger partial charge on any atom is 0.191 e. The first-order valence-corrected chi connectivity index (χ1v) is 8.99. The molecule has 98 valence electrons. The average molecular weight is 246 g/mol. The number of nitrogens with two attached hydrogens (primary N) is 1. The zero-order chi connectivity index (χ0) is 13.0. The Balaban J connectivity index is 4.20. The van der Waals surface area contributed by atoms with E-state index in [1.807, 2.05) is 0 Å². The summed E-state index contributed by atoms with van der Waals surface area (Å²) in [5.74, 6) is 0.448. The van der Waals surface area contributed by atoms with E-state index >= 15 is 0 Å². The summed E-state index contributed by atoms with van der Waals surface area (Å²) in [5, 5.41) is 0.282. The van der Waals surface area contributed by atoms with Gasteiger partial charge < -0.3 is 15.1 Å². The van der Waals surface area contributed by atoms with Gasteiger partial charge in [-0.3, -0.25) is 0 Å². The molecule has 2 N–H and O–H groups in total. The smallest absolute Gasteiger partial charge is 0.191 e. The second-order valence-corrected chi connectivity index (χ2v) is 11.2. The highest BCUT2D eigenvalue weighted by atomic mass is 28.4. The van der Waals surface area contributed by atoms with Gasteiger partial charge in [0, 0.05) is 19.1 Å². The lowest BCUT2D eigenvalue weighted by atomic mass is 10.1. The molecule has 4 heteroatoms. The van der Waals surface area contributed by atoms with Gasteiger partial charge in [-0.25, -0.2) is 0 Å². The number of hydrogen-bond acceptors (Lipinski definition) is 3. The van der Waals surface area contributed by atoms with Gasteiger partial charge in [-0.05, 0) is 38.8 Å². The highest BCUT2D eigenvalue weighted by molar-refractivity contribution is 6.74. The molecule has 3 nitrogen and oxygen atoms in total. The zero-order valence-corrected chi connectivity index (χ0v) is 13.1. The molecule has 0 amide bonds. The lowest BCUT2D eigenvalue weighted by Crippen LogP contribution is -2.43. The van der Waals surface area contributed by atoms with E-state index in [9.17, 15) is 0 Å². The summed E-state index contributed by atoms with van der Waals surface area (Å²) in [6.45, 7) is 13.9. The van der Waals surface area contributed by atoms with Crippen LogP contribution in [0, 0.1) is 5.92 Å². The van der Waals surface area contributed by atoms with Gasteiger partial charge in [-0.15, -0.1) is 0 Å². The SMILES string of the molecule is CN(C)CC(CN)CO[Si](C)(C)C(C)(C)C. The van der Waals surface area contributed by atoms with E-state index in [4.69, 9.17) is 10.2 Å². The van der Waals surface area contributed by atoms with Crippen molar-refractivity contribution in [1.29, 1.82) is 0 Å². The number of nitrogens with zero attached hydrogens (tertiary/aromatic N) is 1. The quantitative estimate of drug-likeness (QED) is 0.730. The molecule has 0 aliphatic rings. The third-order valence-electron chi connectivity index (χ3n) is 3.44. The lowest BCUT2D eigenvalue weighted by molar-refractivity contribution is 0.199. The van der Waals surface area contributed by atoms with Crippen LogP contribution in [0.5, 0.6) is 0 Å². The summed E-state index contributed by atoms with van der Waals surface area (Å²) >= 11 is 0. The second kappa shape index (κ2) is 6.14. The molecule has 0 heterocycles. The van der Waals surface area contributed by atoms with Crippen LogP contribution in [0.1, 0.15) is 20.8 Å². The minimum absolute atomic E-state index is 0.282. The highest BCUT2D eigenvalue weighted by Gasteiger charge is 2.37. The van der Waals surface area contributed by atoms with Crippen LogP contribution in [0.3, 0.4) is 0 Å². The minimum Gasteiger partial charge on any atom is -0.416 e. The molecule has 0 aromatic heterocycles. The molecule has 0 spiro atoms. The van der Waals surface area contributed by atoms with Gasteiger partial charge in [-0.1, -0.05) is 20.8 Å². The molecule has 0 radical (unpaired) electrons. The Morgan fingerprint density at radius 2 is 1.75 bits per heavy atom. The van der Waals surface area contributed by atoms with Crippen LogP contribution < -0.4 is 5.73 Å². The van der Waals surface area contributed by atoms with E-state index in [1.54, 1.807) is 0 Å². The summed E-state index contributed by atoms with van der Waals surface area (Å²) < 4.78 is 6.18. The zero-order valence-electron chi connectivity index (χ0n) is 12.1. The van der Waals surface area contributed by atoms with Crippen molar-refractivity contribution in [3.8, 4) is 0 Å². The van der Waals surface area contributed by atoms with Crippen LogP contribution in [0.2, 0.25) is 18.1 Å². The Labute approximate surface area is 102 Å². The van der Waals surface area contributed by atoms with Crippen molar-refractivity contribution >= 4 is 8.32 Å². The monoisotopic (exact) mass is 246 g/mol. The third kappa shape index (κ3) is 5.43. The van der Waals surface area contributed by atoms with Crippen molar-refractivity contribution in [3.05, 3.63) is 0 Å². The molecule has 0 rings (SSSR count). The van der Waals surface area contributed by atoms with Crippen LogP contribution in [0.25, 0.3) is 0 Å². The van der Waals surface area contributed by atoms with E-state index in [1.165, 1.54) is 0 Å². The minimum atomic E-state index is -1.61. The summed E-state index contributed by atoms with van der Waals surface area (Å²) in [4.78, 5) is 2.17. The molecule has 0 aromatic carbocycles. The van der Waals surface area contributed by atoms with Gasteiger partial charge >= 0.3 is 0 Å². The second-order valence-electron chi connectivity index (χ2n) is 6.44. The molecular formula is C12H30N2OSi. The maximum atomic E-state index is 6.18. The van der Waals surface area contributed by atoms with Gasteiger partial charge in [0.05, 0.1) is 0 Å². The van der Waals surface area contributed by atoms with Crippen molar-refractivity contribution in [2.75, 3.05) is 33.8 Å². The molecule has 16 heavy (non-hydrogen) atoms. The van der Waals surface area contributed by atoms with Crippen molar-refractivity contribution in [3.63, 3.8) is 0 Å². The van der Waals surface area contributed by atoms with Crippen LogP contribution in [-0.4, -0.2) is 47.0 Å². The normalized spacial score (nSPS) is 15.6. The first kappa shape index (κ1) is 16.1. The predicted octanol–water partition coefficient (Wildman–Crippen LogP) is 2.14. The lowest BCUT2D eigenvalue weighted by Gasteiger charge is -2.37. The molecule has 0 aromatic rings. The molecular weight excluding hydrogens is 216 g/mol. The van der Waals surface area contributed by atoms with Crippen molar-refractivity contribution in [1.82, 2.24) is 4.90 Å². The molecule has 0 bridgehead atoms. The molecule has 0 fully saturated rings. The van der Waals surface area contributed by atoms with E-state index in [2.05, 4.69) is 52.9 Å². The molecule has 0 aliphatic heterocycles. The van der Waals surface area contributed by atoms with E-state index in [0.717, 1.165) is 13.2 Å². The van der Waals surface area contributed by atoms with Gasteiger partial charge in [0.15, 0.2) is 8.32 Å². The molecule has 0 saturated carbocycles. The van der Waals surface area contributed by atoms with Gasteiger partial charge in [-0.2, -0.15) is 0 Å². The molecule has 1 unspecified atom stereocenters. The highest BCUT2D eigenvalue weighted by Crippen LogP contribution is 2.36. The fraction of sp³-hybridized carbons (Fsp3) is 1.00. The van der Waals surface area contributed by atoms with Gasteiger partial charge in [0.1, 0.15) is 0 Å². The molecule has 0 saturated heterocycles. The van der Waals surface area contributed by atoms with Crippen molar-refractivity contribution < 1.29 is 4.43 Å². The standard InChI is InChI=1S/C12H30N2OSi/c1-12(2,3)16(6,7)15-10-11(8-13)9-14(4)5/h11H,8-10,13H2,1-7H3. The van der Waals surface area contributed by atoms with E-state index in [-0.39, 0.29) is 5.04 Å². The predicted molar refractivity (Wildman–Crippen MR) is 74.2 cm³/mol. The Kier molecular flexibility index (Phi) is 6.18. The summed E-state index contributed by atoms with van der Waals surface area (Å²) in [7, 11) is 2.55. The molecule has 0 aliphatic carbocycles. The maximum absolute atomic E-state index is 6.18. The van der Waals surface area contributed by atoms with Crippen LogP contribution in [0.15, 0.2) is 0 Å². The average Bonchev–Trinajstić information content (AvgIpc) is 2.09. The van der Waals surface area contributed by atoms with E-state index < -0.39 is 8.32 Å². The first-order valence-electron chi connectivity index (χ1n) is 6.09. The summed E-state index contributed by atoms with van der Waals surface area (Å²) in [6.07, 6.45) is 0. The largest absolute Gasteiger partial charge is 0.416 e. The Morgan fingerprint density at radius 3 is 2.06 bits per heavy atom. The first-order chi connectivity index (χ1) is 7.10. The topological polar surface area (TPSA) is 38.5 Å². The number of hydrogen-bond donors (Lipinski definition) is 1. The van der Waals surface area contributed by atoms with Crippen LogP contribution in [0.4, 0.5) is 0 Å². The van der Waals surface area contributed by atoms with Crippen LogP contribution in [-0.2, 0) is 4.43 Å². The van der Waals surface area contributed by atoms with Crippen molar-refractivity contribution in [2.45, 2.75) is 38.9 Å². The van der Waals surface area contributed by atoms with Crippen molar-refractivity contribution in [2.24, 2.45) is 11.7 Å². The summed E-state index contributed by atoms with van der Waals surface area (Å²) in [6, 6.07) is 0. The fourth-order valence-corrected chi connectivity index (χ4v) is 2.34. The van der Waals surface area contributed by atoms with E-state index in [0.29, 0.717) is 12.5 Å².